The van der Waals surface area contributed by atoms with Crippen molar-refractivity contribution < 1.29 is 22.8 Å². The van der Waals surface area contributed by atoms with Gasteiger partial charge in [-0.15, -0.1) is 0 Å². The fraction of sp³-hybridized carbons (Fsp3) is 0.304. The second-order valence-electron chi connectivity index (χ2n) is 7.47. The van der Waals surface area contributed by atoms with Crippen molar-refractivity contribution in [2.24, 2.45) is 0 Å². The van der Waals surface area contributed by atoms with Gasteiger partial charge in [0.15, 0.2) is 28.8 Å². The minimum Gasteiger partial charge on any atom is -0.479 e. The van der Waals surface area contributed by atoms with Crippen LogP contribution in [0.3, 0.4) is 0 Å². The predicted octanol–water partition coefficient (Wildman–Crippen LogP) is 3.75. The van der Waals surface area contributed by atoms with Crippen molar-refractivity contribution in [3.05, 3.63) is 83.2 Å². The van der Waals surface area contributed by atoms with Crippen LogP contribution in [0, 0.1) is 11.6 Å². The molecule has 0 aliphatic carbocycles. The van der Waals surface area contributed by atoms with Crippen LogP contribution < -0.4 is 10.1 Å². The summed E-state index contributed by atoms with van der Waals surface area (Å²) in [5.74, 6) is -1.77. The van der Waals surface area contributed by atoms with E-state index in [1.165, 1.54) is 17.7 Å². The number of para-hydroxylation sites is 1. The van der Waals surface area contributed by atoms with Crippen LogP contribution in [0.4, 0.5) is 8.78 Å². The largest absolute Gasteiger partial charge is 0.479 e. The Morgan fingerprint density at radius 1 is 1.16 bits per heavy atom. The van der Waals surface area contributed by atoms with Gasteiger partial charge in [0, 0.05) is 25.7 Å². The summed E-state index contributed by atoms with van der Waals surface area (Å²) >= 11 is 0. The Bertz CT molecular complexity index is 1010. The molecule has 6 nitrogen and oxygen atoms in total. The number of likely N-dealkylation sites (tertiary alicyclic amines) is 1. The molecular weight excluding hydrogens is 404 g/mol. The average Bonchev–Trinajstić information content (AvgIpc) is 3.44. The highest BCUT2D eigenvalue weighted by atomic mass is 19.1. The summed E-state index contributed by atoms with van der Waals surface area (Å²) in [7, 11) is 0. The van der Waals surface area contributed by atoms with Gasteiger partial charge in [0.1, 0.15) is 6.61 Å². The molecule has 0 bridgehead atoms. The zero-order valence-corrected chi connectivity index (χ0v) is 16.9. The molecule has 1 atom stereocenters. The molecule has 2 heterocycles. The smallest absolute Gasteiger partial charge is 0.273 e. The fourth-order valence-corrected chi connectivity index (χ4v) is 3.70. The lowest BCUT2D eigenvalue weighted by Gasteiger charge is -2.16. The van der Waals surface area contributed by atoms with E-state index in [-0.39, 0.29) is 24.0 Å². The van der Waals surface area contributed by atoms with Gasteiger partial charge in [-0.05, 0) is 36.6 Å². The molecule has 8 heteroatoms. The maximum Gasteiger partial charge on any atom is 0.273 e. The molecule has 3 aromatic rings. The molecule has 2 aromatic carbocycles. The Kier molecular flexibility index (Phi) is 6.57. The standard InChI is InChI=1S/C23H23F2N3O3/c24-19-7-4-8-20(25)22(19)30-15-18-13-21(27-31-18)23(29)26-10-12-28-11-9-17(14-28)16-5-2-1-3-6-16/h1-8,13,17H,9-12,14-15H2,(H,26,29). The lowest BCUT2D eigenvalue weighted by Crippen LogP contribution is -2.33. The molecule has 31 heavy (non-hydrogen) atoms. The minimum absolute atomic E-state index is 0.0937. The summed E-state index contributed by atoms with van der Waals surface area (Å²) < 4.78 is 37.3. The van der Waals surface area contributed by atoms with Gasteiger partial charge in [0.05, 0.1) is 0 Å². The maximum absolute atomic E-state index is 13.6. The van der Waals surface area contributed by atoms with Gasteiger partial charge in [0.25, 0.3) is 5.91 Å². The molecule has 0 radical (unpaired) electrons. The zero-order chi connectivity index (χ0) is 21.6. The molecule has 162 valence electrons. The summed E-state index contributed by atoms with van der Waals surface area (Å²) in [6.07, 6.45) is 1.10. The number of benzene rings is 2. The number of carbonyl (C=O) groups is 1. The monoisotopic (exact) mass is 427 g/mol. The number of nitrogens with one attached hydrogen (secondary N) is 1. The van der Waals surface area contributed by atoms with Crippen LogP contribution in [0.2, 0.25) is 0 Å². The number of carbonyl (C=O) groups excluding carboxylic acids is 1. The topological polar surface area (TPSA) is 67.6 Å². The van der Waals surface area contributed by atoms with Crippen molar-refractivity contribution >= 4 is 5.91 Å². The normalized spacial score (nSPS) is 16.4. The molecule has 1 unspecified atom stereocenters. The highest BCUT2D eigenvalue weighted by molar-refractivity contribution is 5.92. The van der Waals surface area contributed by atoms with Crippen LogP contribution in [0.25, 0.3) is 0 Å². The first-order valence-corrected chi connectivity index (χ1v) is 10.2. The predicted molar refractivity (Wildman–Crippen MR) is 110 cm³/mol. The van der Waals surface area contributed by atoms with E-state index in [1.54, 1.807) is 0 Å². The molecule has 1 N–H and O–H groups in total. The number of nitrogens with zero attached hydrogens (tertiary/aromatic N) is 2. The molecule has 1 aliphatic heterocycles. The third-order valence-corrected chi connectivity index (χ3v) is 5.33. The van der Waals surface area contributed by atoms with Crippen molar-refractivity contribution in [3.63, 3.8) is 0 Å². The van der Waals surface area contributed by atoms with E-state index < -0.39 is 17.4 Å². The average molecular weight is 427 g/mol. The Morgan fingerprint density at radius 3 is 2.71 bits per heavy atom. The Hall–Kier alpha value is -3.26. The van der Waals surface area contributed by atoms with E-state index in [2.05, 4.69) is 39.6 Å². The van der Waals surface area contributed by atoms with Gasteiger partial charge < -0.3 is 19.5 Å². The molecule has 1 fully saturated rings. The molecule has 1 saturated heterocycles. The quantitative estimate of drug-likeness (QED) is 0.593. The summed E-state index contributed by atoms with van der Waals surface area (Å²) in [6.45, 7) is 2.95. The second-order valence-corrected chi connectivity index (χ2v) is 7.47. The first-order chi connectivity index (χ1) is 15.1. The second kappa shape index (κ2) is 9.70. The Labute approximate surface area is 178 Å². The van der Waals surface area contributed by atoms with Crippen LogP contribution >= 0.6 is 0 Å². The summed E-state index contributed by atoms with van der Waals surface area (Å²) in [5, 5.41) is 6.53. The molecule has 4 rings (SSSR count). The minimum atomic E-state index is -0.811. The van der Waals surface area contributed by atoms with Crippen molar-refractivity contribution in [2.45, 2.75) is 18.9 Å². The SMILES string of the molecule is O=C(NCCN1CCC(c2ccccc2)C1)c1cc(COc2c(F)cccc2F)on1. The highest BCUT2D eigenvalue weighted by Crippen LogP contribution is 2.26. The lowest BCUT2D eigenvalue weighted by atomic mass is 9.99. The molecule has 1 aromatic heterocycles. The summed E-state index contributed by atoms with van der Waals surface area (Å²) in [6, 6.07) is 15.3. The van der Waals surface area contributed by atoms with Gasteiger partial charge >= 0.3 is 0 Å². The number of amides is 1. The number of rotatable bonds is 8. The van der Waals surface area contributed by atoms with E-state index >= 15 is 0 Å². The number of ether oxygens (including phenoxy) is 1. The van der Waals surface area contributed by atoms with Crippen LogP contribution in [-0.2, 0) is 6.61 Å². The van der Waals surface area contributed by atoms with Gasteiger partial charge in [-0.1, -0.05) is 41.6 Å². The van der Waals surface area contributed by atoms with Crippen LogP contribution in [0.1, 0.15) is 34.2 Å². The number of hydrogen-bond acceptors (Lipinski definition) is 5. The van der Waals surface area contributed by atoms with E-state index in [0.717, 1.165) is 38.2 Å². The van der Waals surface area contributed by atoms with Crippen molar-refractivity contribution in [3.8, 4) is 5.75 Å². The van der Waals surface area contributed by atoms with E-state index in [9.17, 15) is 13.6 Å². The van der Waals surface area contributed by atoms with Crippen molar-refractivity contribution in [1.82, 2.24) is 15.4 Å². The van der Waals surface area contributed by atoms with Crippen molar-refractivity contribution in [1.29, 1.82) is 0 Å². The Balaban J connectivity index is 1.21. The molecule has 1 aliphatic rings. The van der Waals surface area contributed by atoms with Crippen LogP contribution in [0.15, 0.2) is 59.1 Å². The number of halogens is 2. The third-order valence-electron chi connectivity index (χ3n) is 5.33. The summed E-state index contributed by atoms with van der Waals surface area (Å²) in [5.41, 5.74) is 1.44. The van der Waals surface area contributed by atoms with E-state index in [4.69, 9.17) is 9.26 Å². The van der Waals surface area contributed by atoms with Crippen LogP contribution in [-0.4, -0.2) is 42.1 Å². The third kappa shape index (κ3) is 5.27. The first-order valence-electron chi connectivity index (χ1n) is 10.2. The van der Waals surface area contributed by atoms with Crippen LogP contribution in [0.5, 0.6) is 5.75 Å². The number of hydrogen-bond donors (Lipinski definition) is 1. The Morgan fingerprint density at radius 2 is 1.94 bits per heavy atom. The van der Waals surface area contributed by atoms with E-state index in [0.29, 0.717) is 12.5 Å². The molecule has 0 spiro atoms. The summed E-state index contributed by atoms with van der Waals surface area (Å²) in [4.78, 5) is 14.6. The first kappa shape index (κ1) is 21.0. The van der Waals surface area contributed by atoms with E-state index in [1.807, 2.05) is 6.07 Å². The molecule has 1 amide bonds. The molecule has 0 saturated carbocycles. The number of aromatic nitrogens is 1. The van der Waals surface area contributed by atoms with Gasteiger partial charge in [-0.25, -0.2) is 8.78 Å². The maximum atomic E-state index is 13.6. The fourth-order valence-electron chi connectivity index (χ4n) is 3.70. The zero-order valence-electron chi connectivity index (χ0n) is 16.9. The highest BCUT2D eigenvalue weighted by Gasteiger charge is 2.23. The van der Waals surface area contributed by atoms with Crippen molar-refractivity contribution in [2.75, 3.05) is 26.2 Å². The molecular formula is C23H23F2N3O3. The lowest BCUT2D eigenvalue weighted by molar-refractivity contribution is 0.0940. The van der Waals surface area contributed by atoms with Gasteiger partial charge in [-0.3, -0.25) is 4.79 Å². The van der Waals surface area contributed by atoms with Gasteiger partial charge in [-0.2, -0.15) is 0 Å². The van der Waals surface area contributed by atoms with Gasteiger partial charge in [0.2, 0.25) is 0 Å².